The van der Waals surface area contributed by atoms with Crippen LogP contribution < -0.4 is 9.47 Å². The Balaban J connectivity index is 1.98. The zero-order valence-electron chi connectivity index (χ0n) is 36.0. The minimum absolute atomic E-state index is 0.0107. The summed E-state index contributed by atoms with van der Waals surface area (Å²) in [5.41, 5.74) is 1.61. The molecule has 2 aromatic carbocycles. The number of aliphatic hydroxyl groups excluding tert-OH is 2. The van der Waals surface area contributed by atoms with Crippen LogP contribution in [0.15, 0.2) is 48.5 Å². The van der Waals surface area contributed by atoms with Crippen molar-refractivity contribution in [2.45, 2.75) is 82.3 Å². The average Bonchev–Trinajstić information content (AvgIpc) is 3.23. The van der Waals surface area contributed by atoms with Gasteiger partial charge in [0.2, 0.25) is 61.5 Å². The second-order valence-electron chi connectivity index (χ2n) is 15.1. The molecule has 63 heavy (non-hydrogen) atoms. The van der Waals surface area contributed by atoms with Crippen LogP contribution in [0.3, 0.4) is 0 Å². The van der Waals surface area contributed by atoms with Gasteiger partial charge < -0.3 is 54.2 Å². The van der Waals surface area contributed by atoms with E-state index in [2.05, 4.69) is 55.8 Å². The van der Waals surface area contributed by atoms with Crippen molar-refractivity contribution in [1.82, 2.24) is 9.80 Å². The number of ether oxygens (including phenoxy) is 2. The van der Waals surface area contributed by atoms with Gasteiger partial charge in [0.05, 0.1) is 11.5 Å². The molecule has 0 aliphatic carbocycles. The molecular formula is C35H58N2O16S2Si8. The molecule has 0 aliphatic heterocycles. The van der Waals surface area contributed by atoms with Gasteiger partial charge in [-0.25, -0.2) is 0 Å². The van der Waals surface area contributed by atoms with Crippen LogP contribution in [0.5, 0.6) is 11.5 Å². The molecule has 0 saturated heterocycles. The van der Waals surface area contributed by atoms with Gasteiger partial charge in [-0.2, -0.15) is 16.8 Å². The van der Waals surface area contributed by atoms with E-state index in [-0.39, 0.29) is 58.7 Å². The maximum Gasteiger partial charge on any atom is 0.468 e. The van der Waals surface area contributed by atoms with E-state index < -0.39 is 67.0 Å². The van der Waals surface area contributed by atoms with Gasteiger partial charge in [-0.15, -0.1) is 0 Å². The highest BCUT2D eigenvalue weighted by atomic mass is 32.2. The predicted molar refractivity (Wildman–Crippen MR) is 246 cm³/mol. The predicted octanol–water partition coefficient (Wildman–Crippen LogP) is 1.08. The van der Waals surface area contributed by atoms with E-state index in [1.54, 1.807) is 0 Å². The SMILES string of the molecule is C[Si]O[Si](CCCN(CCCS(=O)(=O)O)CC(O)COc1ccc(C(C)(C)c2ccc(OCC(O)CN(CCC[Si](O[Si])(O[Si])O[Si]C)CCCS(=O)(=O)O)cc2)cc1)(O[Si])O[Si]. The van der Waals surface area contributed by atoms with E-state index in [0.29, 0.717) is 62.6 Å². The first kappa shape index (κ1) is 58.3. The monoisotopic (exact) mass is 1050 g/mol. The molecule has 348 valence electrons. The molecule has 0 saturated carbocycles. The summed E-state index contributed by atoms with van der Waals surface area (Å²) in [6, 6.07) is 16.1. The van der Waals surface area contributed by atoms with Gasteiger partial charge in [-0.1, -0.05) is 38.1 Å². The van der Waals surface area contributed by atoms with Crippen molar-refractivity contribution in [3.05, 3.63) is 59.7 Å². The molecule has 0 bridgehead atoms. The number of nitrogens with zero attached hydrogens (tertiary/aromatic N) is 2. The minimum atomic E-state index is -4.13. The minimum Gasteiger partial charge on any atom is -0.491 e. The van der Waals surface area contributed by atoms with Crippen LogP contribution in [0, 0.1) is 0 Å². The fourth-order valence-electron chi connectivity index (χ4n) is 6.50. The molecule has 16 radical (unpaired) electrons. The standard InChI is InChI=1S/C35H58N2O16S2Si8/c1-35(2,29-9-13-33(14-10-29)46-27-31(38)25-36(17-5-21-54(40,41)42)19-7-23-62(48-56,49-57)52-60-3)30-11-15-34(16-12-30)47-28-32(39)26-37(18-6-22-55(43,44)45)20-8-24-63(50-58,51-59)53-61-4/h9-16,31-32,38-39H,5-8,17-28H2,1-4H3,(H,40,41,42)(H,43,44,45). The number of aliphatic hydroxyl groups is 2. The molecule has 0 heterocycles. The number of hydrogen-bond acceptors (Lipinski definition) is 16. The van der Waals surface area contributed by atoms with Crippen LogP contribution in [0.4, 0.5) is 0 Å². The van der Waals surface area contributed by atoms with E-state index in [1.807, 2.05) is 71.4 Å². The number of benzene rings is 2. The molecule has 0 spiro atoms. The first-order valence-corrected chi connectivity index (χ1v) is 31.5. The molecule has 28 heteroatoms. The third kappa shape index (κ3) is 22.7. The topological polar surface area (TPSA) is 230 Å². The zero-order valence-corrected chi connectivity index (χ0v) is 45.6. The van der Waals surface area contributed by atoms with Gasteiger partial charge in [0.1, 0.15) is 36.9 Å². The molecule has 0 fully saturated rings. The smallest absolute Gasteiger partial charge is 0.468 e. The van der Waals surface area contributed by atoms with Crippen molar-refractivity contribution in [2.24, 2.45) is 0 Å². The largest absolute Gasteiger partial charge is 0.491 e. The molecule has 2 atom stereocenters. The van der Waals surface area contributed by atoms with Gasteiger partial charge in [-0.3, -0.25) is 9.11 Å². The second-order valence-corrected chi connectivity index (χ2v) is 27.7. The first-order chi connectivity index (χ1) is 29.7. The van der Waals surface area contributed by atoms with Crippen LogP contribution in [0.25, 0.3) is 0 Å². The summed E-state index contributed by atoms with van der Waals surface area (Å²) in [5, 5.41) is 21.8. The second kappa shape index (κ2) is 29.2. The third-order valence-electron chi connectivity index (χ3n) is 9.78. The van der Waals surface area contributed by atoms with Gasteiger partial charge in [0.25, 0.3) is 20.2 Å². The highest BCUT2D eigenvalue weighted by molar-refractivity contribution is 7.86. The zero-order chi connectivity index (χ0) is 47.2. The summed E-state index contributed by atoms with van der Waals surface area (Å²) in [4.78, 5) is 3.79. The van der Waals surface area contributed by atoms with Crippen molar-refractivity contribution in [3.8, 4) is 11.5 Å². The van der Waals surface area contributed by atoms with E-state index in [0.717, 1.165) is 11.1 Å². The lowest BCUT2D eigenvalue weighted by molar-refractivity contribution is 0.0678. The van der Waals surface area contributed by atoms with E-state index in [9.17, 15) is 36.2 Å². The summed E-state index contributed by atoms with van der Waals surface area (Å²) in [7, 11) is -1.76. The molecule has 2 rings (SSSR count). The lowest BCUT2D eigenvalue weighted by Crippen LogP contribution is -2.46. The highest BCUT2D eigenvalue weighted by Crippen LogP contribution is 2.33. The molecule has 4 N–H and O–H groups in total. The van der Waals surface area contributed by atoms with Crippen molar-refractivity contribution in [2.75, 3.05) is 64.0 Å². The maximum atomic E-state index is 11.3. The molecule has 2 unspecified atom stereocenters. The Labute approximate surface area is 394 Å². The Hall–Kier alpha value is -0.805. The summed E-state index contributed by atoms with van der Waals surface area (Å²) in [6.45, 7) is 9.82. The fraction of sp³-hybridized carbons (Fsp3) is 0.657. The quantitative estimate of drug-likeness (QED) is 0.0553. The Bertz CT molecular complexity index is 1660. The Morgan fingerprint density at radius 3 is 1.21 bits per heavy atom. The van der Waals surface area contributed by atoms with Gasteiger partial charge in [0.15, 0.2) is 0 Å². The van der Waals surface area contributed by atoms with Crippen molar-refractivity contribution in [3.63, 3.8) is 0 Å². The van der Waals surface area contributed by atoms with Crippen LogP contribution in [-0.4, -0.2) is 201 Å². The summed E-state index contributed by atoms with van der Waals surface area (Å²) >= 11 is 0. The molecule has 0 amide bonds. The first-order valence-electron chi connectivity index (χ1n) is 19.9. The van der Waals surface area contributed by atoms with Crippen LogP contribution >= 0.6 is 0 Å². The van der Waals surface area contributed by atoms with Crippen LogP contribution in [-0.2, 0) is 50.3 Å². The normalized spacial score (nSPS) is 14.1. The summed E-state index contributed by atoms with van der Waals surface area (Å²) < 4.78 is 108. The van der Waals surface area contributed by atoms with Gasteiger partial charge in [-0.05, 0) is 100 Å². The lowest BCUT2D eigenvalue weighted by atomic mass is 9.78. The average molecular weight is 1050 g/mol. The van der Waals surface area contributed by atoms with Gasteiger partial charge >= 0.3 is 17.6 Å². The van der Waals surface area contributed by atoms with E-state index in [4.69, 9.17) is 34.2 Å². The molecule has 0 aliphatic rings. The Morgan fingerprint density at radius 1 is 0.603 bits per heavy atom. The van der Waals surface area contributed by atoms with E-state index in [1.165, 1.54) is 0 Å². The van der Waals surface area contributed by atoms with E-state index >= 15 is 0 Å². The van der Waals surface area contributed by atoms with Gasteiger partial charge in [0, 0.05) is 30.6 Å². The van der Waals surface area contributed by atoms with Crippen LogP contribution in [0.1, 0.15) is 50.7 Å². The lowest BCUT2D eigenvalue weighted by Gasteiger charge is -2.29. The molecular weight excluding hydrogens is 993 g/mol. The van der Waals surface area contributed by atoms with Crippen molar-refractivity contribution < 1.29 is 70.3 Å². The molecule has 0 aromatic heterocycles. The van der Waals surface area contributed by atoms with Crippen molar-refractivity contribution >= 4 is 99.3 Å². The highest BCUT2D eigenvalue weighted by Gasteiger charge is 2.38. The van der Waals surface area contributed by atoms with Crippen LogP contribution in [0.2, 0.25) is 25.2 Å². The number of rotatable bonds is 36. The molecule has 2 aromatic rings. The molecule has 18 nitrogen and oxygen atoms in total. The maximum absolute atomic E-state index is 11.3. The fourth-order valence-corrected chi connectivity index (χ4v) is 16.9. The Morgan fingerprint density at radius 2 is 0.921 bits per heavy atom. The Kier molecular flexibility index (Phi) is 27.0. The summed E-state index contributed by atoms with van der Waals surface area (Å²) in [5.74, 6) is 0.321. The number of hydrogen-bond donors (Lipinski definition) is 4. The summed E-state index contributed by atoms with van der Waals surface area (Å²) in [6.07, 6.45) is -0.324. The third-order valence-corrected chi connectivity index (χ3v) is 22.4. The van der Waals surface area contributed by atoms with Crippen molar-refractivity contribution in [1.29, 1.82) is 0 Å².